The van der Waals surface area contributed by atoms with E-state index in [2.05, 4.69) is 9.88 Å². The number of aromatic nitrogens is 1. The van der Waals surface area contributed by atoms with E-state index in [9.17, 15) is 23.9 Å². The summed E-state index contributed by atoms with van der Waals surface area (Å²) < 4.78 is 13.4. The Morgan fingerprint density at radius 3 is 2.32 bits per heavy atom. The molecular weight excluding hydrogens is 537 g/mol. The fourth-order valence-corrected chi connectivity index (χ4v) is 7.64. The molecule has 0 bridgehead atoms. The maximum atomic E-state index is 14.2. The van der Waals surface area contributed by atoms with Crippen molar-refractivity contribution in [3.63, 3.8) is 0 Å². The summed E-state index contributed by atoms with van der Waals surface area (Å²) in [6.45, 7) is 0.619. The predicted molar refractivity (Wildman–Crippen MR) is 160 cm³/mol. The summed E-state index contributed by atoms with van der Waals surface area (Å²) >= 11 is 0. The summed E-state index contributed by atoms with van der Waals surface area (Å²) in [6, 6.07) is 29.8. The van der Waals surface area contributed by atoms with Crippen LogP contribution in [0, 0.1) is 0 Å². The average molecular weight is 566 g/mol. The van der Waals surface area contributed by atoms with Crippen molar-refractivity contribution in [3.8, 4) is 0 Å². The first-order chi connectivity index (χ1) is 19.8. The summed E-state index contributed by atoms with van der Waals surface area (Å²) in [5.41, 5.74) is -1.36. The van der Waals surface area contributed by atoms with Gasteiger partial charge in [0.2, 0.25) is 12.3 Å². The van der Waals surface area contributed by atoms with Crippen LogP contribution in [0.2, 0.25) is 0 Å². The van der Waals surface area contributed by atoms with E-state index < -0.39 is 24.6 Å². The lowest BCUT2D eigenvalue weighted by Gasteiger charge is -2.38. The van der Waals surface area contributed by atoms with Crippen molar-refractivity contribution in [2.45, 2.75) is 17.5 Å². The third-order valence-electron chi connectivity index (χ3n) is 8.11. The largest absolute Gasteiger partial charge is 0.370 e. The summed E-state index contributed by atoms with van der Waals surface area (Å²) in [4.78, 5) is 55.4. The van der Waals surface area contributed by atoms with E-state index in [4.69, 9.17) is 0 Å². The van der Waals surface area contributed by atoms with E-state index in [1.54, 1.807) is 42.7 Å². The van der Waals surface area contributed by atoms with E-state index in [0.29, 0.717) is 18.5 Å². The molecule has 2 unspecified atom stereocenters. The average Bonchev–Trinajstić information content (AvgIpc) is 3.42. The molecule has 9 heteroatoms. The lowest BCUT2D eigenvalue weighted by molar-refractivity contribution is -0.122. The highest BCUT2D eigenvalue weighted by Gasteiger charge is 2.57. The number of carbonyl (C=O) groups is 2. The first-order valence-electron chi connectivity index (χ1n) is 13.3. The van der Waals surface area contributed by atoms with Crippen molar-refractivity contribution in [1.29, 1.82) is 0 Å². The van der Waals surface area contributed by atoms with Gasteiger partial charge in [0.25, 0.3) is 0 Å². The second-order valence-corrected chi connectivity index (χ2v) is 12.1. The fraction of sp³-hybridized carbons (Fsp3) is 0.156. The molecule has 1 fully saturated rings. The van der Waals surface area contributed by atoms with Gasteiger partial charge < -0.3 is 14.7 Å². The molecule has 1 aromatic heterocycles. The minimum Gasteiger partial charge on any atom is -0.370 e. The molecule has 0 spiro atoms. The second-order valence-electron chi connectivity index (χ2n) is 10.4. The summed E-state index contributed by atoms with van der Waals surface area (Å²) in [6.07, 6.45) is 3.73. The second kappa shape index (κ2) is 10.6. The molecule has 2 N–H and O–H groups in total. The van der Waals surface area contributed by atoms with E-state index in [1.807, 2.05) is 66.7 Å². The Morgan fingerprint density at radius 1 is 0.902 bits per heavy atom. The quantitative estimate of drug-likeness (QED) is 0.204. The van der Waals surface area contributed by atoms with Crippen molar-refractivity contribution in [2.75, 3.05) is 22.9 Å². The first-order valence-corrected chi connectivity index (χ1v) is 15.0. The fourth-order valence-electron chi connectivity index (χ4n) is 6.22. The number of anilines is 2. The molecule has 2 atom stereocenters. The molecule has 6 rings (SSSR count). The Kier molecular flexibility index (Phi) is 6.91. The highest BCUT2D eigenvalue weighted by atomic mass is 31.2. The molecule has 5 aromatic rings. The molecule has 4 aromatic carbocycles. The van der Waals surface area contributed by atoms with Gasteiger partial charge in [0.1, 0.15) is 0 Å². The number of imide groups is 1. The monoisotopic (exact) mass is 565 g/mol. The summed E-state index contributed by atoms with van der Waals surface area (Å²) in [5, 5.41) is 3.75. The van der Waals surface area contributed by atoms with Crippen molar-refractivity contribution in [3.05, 3.63) is 115 Å². The topological polar surface area (TPSA) is 111 Å². The predicted octanol–water partition coefficient (Wildman–Crippen LogP) is 5.27. The Hall–Kier alpha value is -4.36. The number of rotatable bonds is 7. The number of hydrogen-bond donors (Lipinski definition) is 2. The molecule has 2 amide bonds. The summed E-state index contributed by atoms with van der Waals surface area (Å²) in [7, 11) is -5.11. The van der Waals surface area contributed by atoms with Crippen LogP contribution >= 0.6 is 7.60 Å². The van der Waals surface area contributed by atoms with Crippen LogP contribution in [0.1, 0.15) is 12.0 Å². The molecule has 41 heavy (non-hydrogen) atoms. The molecule has 8 nitrogen and oxygen atoms in total. The molecular formula is C32H28N3O5P. The minimum atomic E-state index is -5.11. The number of fused-ring (bicyclic) bond motifs is 2. The van der Waals surface area contributed by atoms with Crippen LogP contribution in [0.15, 0.2) is 109 Å². The maximum absolute atomic E-state index is 14.2. The Labute approximate surface area is 237 Å². The van der Waals surface area contributed by atoms with E-state index >= 15 is 0 Å². The smallest absolute Gasteiger partial charge is 0.338 e. The van der Waals surface area contributed by atoms with Gasteiger partial charge >= 0.3 is 7.60 Å². The molecule has 206 valence electrons. The standard InChI is InChI=1S/C32H28N3O5P/c36-22-35(27-13-12-23-6-1-2-8-25(23)20-27)31(37)30(41(38,39)40)32(26-14-17-33-18-15-26)16-19-34(21-32)29-11-5-9-24-7-3-4-10-28(24)29/h1-15,17-18,20,22,30H,16,19,21H2,(H2,38,39,40). The van der Waals surface area contributed by atoms with Gasteiger partial charge in [-0.2, -0.15) is 0 Å². The maximum Gasteiger partial charge on any atom is 0.338 e. The molecule has 1 saturated heterocycles. The number of hydrogen-bond acceptors (Lipinski definition) is 5. The number of nitrogens with zero attached hydrogens (tertiary/aromatic N) is 3. The zero-order valence-electron chi connectivity index (χ0n) is 22.1. The molecule has 1 aliphatic heterocycles. The van der Waals surface area contributed by atoms with Gasteiger partial charge in [0, 0.05) is 42.0 Å². The lowest BCUT2D eigenvalue weighted by atomic mass is 9.76. The van der Waals surface area contributed by atoms with Crippen LogP contribution in [-0.2, 0) is 19.6 Å². The highest BCUT2D eigenvalue weighted by Crippen LogP contribution is 2.56. The SMILES string of the molecule is O=CN(C(=O)C(C1(c2ccncc2)CCN(c2cccc3ccccc23)C1)P(=O)(O)O)c1ccc2ccccc2c1. The third-order valence-corrected chi connectivity index (χ3v) is 9.50. The Morgan fingerprint density at radius 2 is 1.59 bits per heavy atom. The Balaban J connectivity index is 1.47. The van der Waals surface area contributed by atoms with Gasteiger partial charge in [-0.3, -0.25) is 24.0 Å². The van der Waals surface area contributed by atoms with Gasteiger partial charge in [-0.15, -0.1) is 0 Å². The van der Waals surface area contributed by atoms with Crippen molar-refractivity contribution >= 4 is 52.8 Å². The van der Waals surface area contributed by atoms with Crippen LogP contribution < -0.4 is 9.80 Å². The molecule has 0 saturated carbocycles. The number of amides is 2. The van der Waals surface area contributed by atoms with Crippen LogP contribution in [0.5, 0.6) is 0 Å². The van der Waals surface area contributed by atoms with Gasteiger partial charge in [0.05, 0.1) is 5.69 Å². The first kappa shape index (κ1) is 26.8. The highest BCUT2D eigenvalue weighted by molar-refractivity contribution is 7.54. The van der Waals surface area contributed by atoms with Crippen molar-refractivity contribution < 1.29 is 23.9 Å². The number of benzene rings is 4. The minimum absolute atomic E-state index is 0.164. The van der Waals surface area contributed by atoms with Crippen molar-refractivity contribution in [2.24, 2.45) is 0 Å². The lowest BCUT2D eigenvalue weighted by Crippen LogP contribution is -2.52. The number of carbonyl (C=O) groups excluding carboxylic acids is 2. The van der Waals surface area contributed by atoms with Crippen molar-refractivity contribution in [1.82, 2.24) is 4.98 Å². The molecule has 0 radical (unpaired) electrons. The molecule has 1 aliphatic rings. The van der Waals surface area contributed by atoms with Crippen LogP contribution in [-0.4, -0.2) is 45.8 Å². The zero-order valence-corrected chi connectivity index (χ0v) is 23.0. The van der Waals surface area contributed by atoms with Gasteiger partial charge in [-0.05, 0) is 58.5 Å². The zero-order chi connectivity index (χ0) is 28.6. The normalized spacial score (nSPS) is 18.0. The van der Waals surface area contributed by atoms with Crippen LogP contribution in [0.3, 0.4) is 0 Å². The van der Waals surface area contributed by atoms with E-state index in [1.165, 1.54) is 0 Å². The van der Waals surface area contributed by atoms with Gasteiger partial charge in [-0.25, -0.2) is 0 Å². The van der Waals surface area contributed by atoms with Gasteiger partial charge in [-0.1, -0.05) is 66.7 Å². The van der Waals surface area contributed by atoms with Gasteiger partial charge in [0.15, 0.2) is 5.66 Å². The molecule has 2 heterocycles. The van der Waals surface area contributed by atoms with E-state index in [-0.39, 0.29) is 18.7 Å². The Bertz CT molecular complexity index is 1800. The molecule has 0 aliphatic carbocycles. The summed E-state index contributed by atoms with van der Waals surface area (Å²) in [5.74, 6) is -0.944. The van der Waals surface area contributed by atoms with Crippen LogP contribution in [0.25, 0.3) is 21.5 Å². The number of pyridine rings is 1. The third kappa shape index (κ3) is 4.80. The van der Waals surface area contributed by atoms with Crippen LogP contribution in [0.4, 0.5) is 11.4 Å². The van der Waals surface area contributed by atoms with E-state index in [0.717, 1.165) is 32.1 Å².